The summed E-state index contributed by atoms with van der Waals surface area (Å²) in [5, 5.41) is 5.85. The lowest BCUT2D eigenvalue weighted by Crippen LogP contribution is -2.48. The summed E-state index contributed by atoms with van der Waals surface area (Å²) < 4.78 is 14.6. The van der Waals surface area contributed by atoms with Crippen LogP contribution in [0, 0.1) is 0 Å². The van der Waals surface area contributed by atoms with Gasteiger partial charge in [-0.2, -0.15) is 5.10 Å². The van der Waals surface area contributed by atoms with E-state index in [9.17, 15) is 9.59 Å². The molecule has 2 fully saturated rings. The Morgan fingerprint density at radius 1 is 1.14 bits per heavy atom. The summed E-state index contributed by atoms with van der Waals surface area (Å²) in [5.41, 5.74) is 1.18. The second kappa shape index (κ2) is 6.42. The van der Waals surface area contributed by atoms with Crippen LogP contribution < -0.4 is 5.56 Å². The van der Waals surface area contributed by atoms with Crippen molar-refractivity contribution in [1.29, 1.82) is 0 Å². The molecule has 8 heteroatoms. The van der Waals surface area contributed by atoms with Crippen molar-refractivity contribution in [3.8, 4) is 0 Å². The predicted octanol–water partition coefficient (Wildman–Crippen LogP) is 1.25. The zero-order valence-corrected chi connectivity index (χ0v) is 15.8. The quantitative estimate of drug-likeness (QED) is 0.667. The van der Waals surface area contributed by atoms with Crippen LogP contribution in [0.3, 0.4) is 0 Å². The number of aromatic nitrogens is 3. The van der Waals surface area contributed by atoms with Gasteiger partial charge in [0.1, 0.15) is 12.1 Å². The highest BCUT2D eigenvalue weighted by Gasteiger charge is 2.40. The second-order valence-electron chi connectivity index (χ2n) is 7.43. The summed E-state index contributed by atoms with van der Waals surface area (Å²) in [6.07, 6.45) is 3.05. The molecule has 4 heterocycles. The van der Waals surface area contributed by atoms with Gasteiger partial charge in [-0.3, -0.25) is 9.59 Å². The fourth-order valence-electron chi connectivity index (χ4n) is 4.32. The Morgan fingerprint density at radius 2 is 1.86 bits per heavy atom. The molecule has 0 aliphatic carbocycles. The third kappa shape index (κ3) is 2.63. The van der Waals surface area contributed by atoms with E-state index in [-0.39, 0.29) is 18.0 Å². The van der Waals surface area contributed by atoms with E-state index in [1.165, 1.54) is 4.68 Å². The molecule has 0 radical (unpaired) electrons. The number of ether oxygens (including phenoxy) is 2. The topological polar surface area (TPSA) is 78.6 Å². The number of carbonyl (C=O) groups excluding carboxylic acids is 1. The van der Waals surface area contributed by atoms with Gasteiger partial charge in [0.2, 0.25) is 5.91 Å². The number of fused-ring (bicyclic) bond motifs is 3. The lowest BCUT2D eigenvalue weighted by molar-refractivity contribution is -0.187. The van der Waals surface area contributed by atoms with Gasteiger partial charge in [-0.05, 0) is 6.07 Å². The summed E-state index contributed by atoms with van der Waals surface area (Å²) in [6.45, 7) is 2.54. The Morgan fingerprint density at radius 3 is 2.61 bits per heavy atom. The third-order valence-corrected chi connectivity index (χ3v) is 5.85. The van der Waals surface area contributed by atoms with Gasteiger partial charge >= 0.3 is 0 Å². The van der Waals surface area contributed by atoms with Crippen LogP contribution in [0.4, 0.5) is 0 Å². The highest BCUT2D eigenvalue weighted by molar-refractivity contribution is 6.07. The summed E-state index contributed by atoms with van der Waals surface area (Å²) in [4.78, 5) is 27.7. The van der Waals surface area contributed by atoms with Crippen LogP contribution in [0.5, 0.6) is 0 Å². The van der Waals surface area contributed by atoms with Crippen molar-refractivity contribution in [1.82, 2.24) is 19.2 Å². The van der Waals surface area contributed by atoms with Gasteiger partial charge in [0.05, 0.1) is 19.4 Å². The van der Waals surface area contributed by atoms with Crippen molar-refractivity contribution in [2.45, 2.75) is 25.2 Å². The molecule has 5 rings (SSSR count). The zero-order chi connectivity index (χ0) is 19.3. The number of para-hydroxylation sites is 1. The van der Waals surface area contributed by atoms with Crippen LogP contribution >= 0.6 is 0 Å². The van der Waals surface area contributed by atoms with Crippen molar-refractivity contribution in [2.24, 2.45) is 7.05 Å². The van der Waals surface area contributed by atoms with Gasteiger partial charge in [-0.15, -0.1) is 0 Å². The first kappa shape index (κ1) is 17.4. The molecule has 0 bridgehead atoms. The van der Waals surface area contributed by atoms with Gasteiger partial charge in [0.25, 0.3) is 5.56 Å². The number of hydrogen-bond acceptors (Lipinski definition) is 5. The molecule has 0 N–H and O–H groups in total. The minimum atomic E-state index is -0.509. The van der Waals surface area contributed by atoms with Gasteiger partial charge in [0, 0.05) is 49.3 Å². The first-order valence-corrected chi connectivity index (χ1v) is 9.57. The van der Waals surface area contributed by atoms with Crippen LogP contribution in [-0.2, 0) is 27.9 Å². The Kier molecular flexibility index (Phi) is 3.99. The summed E-state index contributed by atoms with van der Waals surface area (Å²) in [7, 11) is 1.62. The summed E-state index contributed by atoms with van der Waals surface area (Å²) >= 11 is 0. The van der Waals surface area contributed by atoms with E-state index in [1.807, 2.05) is 33.7 Å². The molecular weight excluding hydrogens is 360 g/mol. The normalized spacial score (nSPS) is 19.1. The molecule has 28 heavy (non-hydrogen) atoms. The van der Waals surface area contributed by atoms with Crippen LogP contribution in [-0.4, -0.2) is 57.2 Å². The second-order valence-corrected chi connectivity index (χ2v) is 7.43. The maximum absolute atomic E-state index is 13.1. The number of benzene rings is 1. The Hall–Kier alpha value is -2.71. The van der Waals surface area contributed by atoms with E-state index in [4.69, 9.17) is 9.47 Å². The first-order chi connectivity index (χ1) is 13.6. The minimum absolute atomic E-state index is 0.00522. The van der Waals surface area contributed by atoms with Crippen LogP contribution in [0.1, 0.15) is 12.8 Å². The van der Waals surface area contributed by atoms with Crippen molar-refractivity contribution >= 4 is 27.7 Å². The van der Waals surface area contributed by atoms with E-state index in [0.29, 0.717) is 44.7 Å². The van der Waals surface area contributed by atoms with E-state index in [2.05, 4.69) is 5.10 Å². The molecule has 0 unspecified atom stereocenters. The number of piperidine rings is 1. The summed E-state index contributed by atoms with van der Waals surface area (Å²) in [6, 6.07) is 7.74. The van der Waals surface area contributed by atoms with Gasteiger partial charge in [-0.1, -0.05) is 18.2 Å². The number of carbonyl (C=O) groups is 1. The maximum Gasteiger partial charge on any atom is 0.291 e. The van der Waals surface area contributed by atoms with Crippen molar-refractivity contribution in [3.05, 3.63) is 40.8 Å². The van der Waals surface area contributed by atoms with Gasteiger partial charge in [0.15, 0.2) is 5.79 Å². The molecule has 0 saturated carbocycles. The molecule has 2 aromatic heterocycles. The van der Waals surface area contributed by atoms with E-state index < -0.39 is 5.79 Å². The molecule has 2 saturated heterocycles. The lowest BCUT2D eigenvalue weighted by atomic mass is 10.0. The average Bonchev–Trinajstić information content (AvgIpc) is 3.29. The molecule has 2 aliphatic rings. The standard InChI is InChI=1S/C20H22N4O4/c1-22-19(26)18-15(12-21-22)14-4-2-3-5-16(14)24(18)13-17(25)23-8-6-20(7-9-23)27-10-11-28-20/h2-5,12H,6-11,13H2,1H3. The largest absolute Gasteiger partial charge is 0.347 e. The average molecular weight is 382 g/mol. The smallest absolute Gasteiger partial charge is 0.291 e. The monoisotopic (exact) mass is 382 g/mol. The number of aryl methyl sites for hydroxylation is 1. The highest BCUT2D eigenvalue weighted by Crippen LogP contribution is 2.32. The van der Waals surface area contributed by atoms with Crippen LogP contribution in [0.2, 0.25) is 0 Å². The Balaban J connectivity index is 1.48. The first-order valence-electron chi connectivity index (χ1n) is 9.57. The number of nitrogens with zero attached hydrogens (tertiary/aromatic N) is 4. The van der Waals surface area contributed by atoms with Crippen molar-refractivity contribution < 1.29 is 14.3 Å². The molecule has 1 amide bonds. The molecule has 146 valence electrons. The number of rotatable bonds is 2. The van der Waals surface area contributed by atoms with Crippen LogP contribution in [0.15, 0.2) is 35.3 Å². The molecule has 2 aliphatic heterocycles. The van der Waals surface area contributed by atoms with Crippen LogP contribution in [0.25, 0.3) is 21.8 Å². The zero-order valence-electron chi connectivity index (χ0n) is 15.8. The Bertz CT molecular complexity index is 1120. The molecule has 1 spiro atoms. The summed E-state index contributed by atoms with van der Waals surface area (Å²) in [5.74, 6) is -0.514. The van der Waals surface area contributed by atoms with Crippen molar-refractivity contribution in [3.63, 3.8) is 0 Å². The number of likely N-dealkylation sites (tertiary alicyclic amines) is 1. The maximum atomic E-state index is 13.1. The SMILES string of the molecule is Cn1ncc2c3ccccc3n(CC(=O)N3CCC4(CC3)OCCO4)c2c1=O. The molecule has 1 aromatic carbocycles. The lowest BCUT2D eigenvalue weighted by Gasteiger charge is -2.37. The fourth-order valence-corrected chi connectivity index (χ4v) is 4.32. The van der Waals surface area contributed by atoms with Crippen molar-refractivity contribution in [2.75, 3.05) is 26.3 Å². The highest BCUT2D eigenvalue weighted by atomic mass is 16.7. The molecule has 3 aromatic rings. The van der Waals surface area contributed by atoms with E-state index in [1.54, 1.807) is 13.2 Å². The number of hydrogen-bond donors (Lipinski definition) is 0. The molecular formula is C20H22N4O4. The Labute approximate surface area is 161 Å². The van der Waals surface area contributed by atoms with E-state index >= 15 is 0 Å². The minimum Gasteiger partial charge on any atom is -0.347 e. The molecule has 8 nitrogen and oxygen atoms in total. The van der Waals surface area contributed by atoms with E-state index in [0.717, 1.165) is 16.3 Å². The van der Waals surface area contributed by atoms with Gasteiger partial charge < -0.3 is 18.9 Å². The third-order valence-electron chi connectivity index (χ3n) is 5.85. The fraction of sp³-hybridized carbons (Fsp3) is 0.450. The van der Waals surface area contributed by atoms with Gasteiger partial charge in [-0.25, -0.2) is 4.68 Å². The number of amides is 1. The molecule has 0 atom stereocenters. The predicted molar refractivity (Wildman–Crippen MR) is 103 cm³/mol.